The number of rotatable bonds is 6. The van der Waals surface area contributed by atoms with E-state index < -0.39 is 28.2 Å². The number of hydrogen-bond acceptors (Lipinski definition) is 5. The highest BCUT2D eigenvalue weighted by Crippen LogP contribution is 1.98. The Morgan fingerprint density at radius 1 is 1.14 bits per heavy atom. The van der Waals surface area contributed by atoms with Crippen LogP contribution >= 0.6 is 0 Å². The normalized spacial score (nSPS) is 17.0. The van der Waals surface area contributed by atoms with E-state index in [0.717, 1.165) is 0 Å². The summed E-state index contributed by atoms with van der Waals surface area (Å²) in [5.41, 5.74) is 0. The minimum atomic E-state index is -4.11. The van der Waals surface area contributed by atoms with Gasteiger partial charge in [-0.05, 0) is 13.8 Å². The number of nitrogens with zero attached hydrogens (tertiary/aromatic N) is 1. The summed E-state index contributed by atoms with van der Waals surface area (Å²) in [7, 11) is -4.11. The second-order valence-corrected chi connectivity index (χ2v) is 4.87. The molecule has 0 aliphatic carbocycles. The molecule has 0 aliphatic rings. The second-order valence-electron chi connectivity index (χ2n) is 3.45. The van der Waals surface area contributed by atoms with Gasteiger partial charge in [-0.3, -0.25) is 9.45 Å². The topological polar surface area (TPSA) is 98.1 Å². The first-order valence-electron chi connectivity index (χ1n) is 4.24. The van der Waals surface area contributed by atoms with E-state index in [0.29, 0.717) is 0 Å². The highest BCUT2D eigenvalue weighted by molar-refractivity contribution is 7.85. The van der Waals surface area contributed by atoms with Crippen LogP contribution in [0, 0.1) is 0 Å². The van der Waals surface area contributed by atoms with Crippen molar-refractivity contribution in [1.29, 1.82) is 0 Å². The number of aliphatic hydroxyl groups is 2. The van der Waals surface area contributed by atoms with Gasteiger partial charge in [0.15, 0.2) is 0 Å². The van der Waals surface area contributed by atoms with Gasteiger partial charge in [-0.25, -0.2) is 0 Å². The summed E-state index contributed by atoms with van der Waals surface area (Å²) >= 11 is 0. The molecule has 0 aromatic rings. The average molecular weight is 227 g/mol. The lowest BCUT2D eigenvalue weighted by Crippen LogP contribution is -2.39. The lowest BCUT2D eigenvalue weighted by molar-refractivity contribution is 0.0934. The maximum atomic E-state index is 10.6. The SMILES string of the molecule is CC(O)CN(CC(C)O)CS(=O)(=O)O. The van der Waals surface area contributed by atoms with Crippen molar-refractivity contribution in [3.05, 3.63) is 0 Å². The van der Waals surface area contributed by atoms with Crippen molar-refractivity contribution in [2.75, 3.05) is 19.0 Å². The van der Waals surface area contributed by atoms with Crippen LogP contribution in [0.5, 0.6) is 0 Å². The number of hydrogen-bond donors (Lipinski definition) is 3. The second kappa shape index (κ2) is 5.62. The van der Waals surface area contributed by atoms with Crippen LogP contribution < -0.4 is 0 Å². The molecule has 3 N–H and O–H groups in total. The molecule has 2 unspecified atom stereocenters. The predicted octanol–water partition coefficient (Wildman–Crippen LogP) is -1.10. The van der Waals surface area contributed by atoms with E-state index in [9.17, 15) is 8.42 Å². The lowest BCUT2D eigenvalue weighted by Gasteiger charge is -2.23. The molecule has 0 saturated heterocycles. The van der Waals surface area contributed by atoms with Crippen LogP contribution in [0.1, 0.15) is 13.8 Å². The Hall–Kier alpha value is -0.210. The van der Waals surface area contributed by atoms with Gasteiger partial charge in [0.2, 0.25) is 0 Å². The van der Waals surface area contributed by atoms with Crippen molar-refractivity contribution in [1.82, 2.24) is 4.90 Å². The van der Waals surface area contributed by atoms with Crippen molar-refractivity contribution in [2.24, 2.45) is 0 Å². The summed E-state index contributed by atoms with van der Waals surface area (Å²) in [6, 6.07) is 0. The fourth-order valence-electron chi connectivity index (χ4n) is 1.16. The monoisotopic (exact) mass is 227 g/mol. The standard InChI is InChI=1S/C7H17NO5S/c1-6(9)3-8(4-7(2)10)5-14(11,12)13/h6-7,9-10H,3-5H2,1-2H3,(H,11,12,13). The van der Waals surface area contributed by atoms with Gasteiger partial charge >= 0.3 is 0 Å². The van der Waals surface area contributed by atoms with Crippen LogP contribution in [0.2, 0.25) is 0 Å². The van der Waals surface area contributed by atoms with E-state index in [1.165, 1.54) is 18.7 Å². The van der Waals surface area contributed by atoms with Crippen LogP contribution in [-0.4, -0.2) is 59.3 Å². The molecule has 0 aromatic heterocycles. The highest BCUT2D eigenvalue weighted by Gasteiger charge is 2.16. The molecule has 0 bridgehead atoms. The van der Waals surface area contributed by atoms with Crippen LogP contribution in [0.15, 0.2) is 0 Å². The zero-order chi connectivity index (χ0) is 11.4. The van der Waals surface area contributed by atoms with E-state index in [2.05, 4.69) is 0 Å². The Labute approximate surface area is 83.9 Å². The third kappa shape index (κ3) is 8.39. The third-order valence-electron chi connectivity index (χ3n) is 1.39. The molecule has 2 atom stereocenters. The van der Waals surface area contributed by atoms with Crippen molar-refractivity contribution in [3.63, 3.8) is 0 Å². The Balaban J connectivity index is 4.25. The highest BCUT2D eigenvalue weighted by atomic mass is 32.2. The van der Waals surface area contributed by atoms with Crippen LogP contribution in [0.3, 0.4) is 0 Å². The molecule has 0 heterocycles. The van der Waals surface area contributed by atoms with Gasteiger partial charge in [0.25, 0.3) is 10.1 Å². The molecule has 0 radical (unpaired) electrons. The minimum Gasteiger partial charge on any atom is -0.392 e. The largest absolute Gasteiger partial charge is 0.392 e. The Bertz CT molecular complexity index is 239. The summed E-state index contributed by atoms with van der Waals surface area (Å²) in [5, 5.41) is 18.1. The van der Waals surface area contributed by atoms with Gasteiger partial charge in [-0.15, -0.1) is 0 Å². The predicted molar refractivity (Wildman–Crippen MR) is 51.4 cm³/mol. The first kappa shape index (κ1) is 13.8. The minimum absolute atomic E-state index is 0.0880. The molecule has 0 fully saturated rings. The van der Waals surface area contributed by atoms with Crippen LogP contribution in [0.25, 0.3) is 0 Å². The van der Waals surface area contributed by atoms with Gasteiger partial charge in [0, 0.05) is 13.1 Å². The average Bonchev–Trinajstić information content (AvgIpc) is 1.77. The van der Waals surface area contributed by atoms with Crippen molar-refractivity contribution < 1.29 is 23.2 Å². The third-order valence-corrected chi connectivity index (χ3v) is 2.08. The Morgan fingerprint density at radius 2 is 1.50 bits per heavy atom. The van der Waals surface area contributed by atoms with E-state index in [4.69, 9.17) is 14.8 Å². The molecule has 7 heteroatoms. The maximum Gasteiger partial charge on any atom is 0.278 e. The molecule has 6 nitrogen and oxygen atoms in total. The van der Waals surface area contributed by atoms with Crippen molar-refractivity contribution >= 4 is 10.1 Å². The van der Waals surface area contributed by atoms with Gasteiger partial charge in [-0.2, -0.15) is 8.42 Å². The zero-order valence-electron chi connectivity index (χ0n) is 8.29. The summed E-state index contributed by atoms with van der Waals surface area (Å²) in [6.07, 6.45) is -1.43. The van der Waals surface area contributed by atoms with Crippen molar-refractivity contribution in [3.8, 4) is 0 Å². The molecule has 0 spiro atoms. The Morgan fingerprint density at radius 3 is 1.71 bits per heavy atom. The Kier molecular flexibility index (Phi) is 5.53. The van der Waals surface area contributed by atoms with Crippen LogP contribution in [-0.2, 0) is 10.1 Å². The molecule has 0 saturated carbocycles. The summed E-state index contributed by atoms with van der Waals surface area (Å²) in [5.74, 6) is -0.581. The molecule has 86 valence electrons. The fraction of sp³-hybridized carbons (Fsp3) is 1.00. The van der Waals surface area contributed by atoms with E-state index in [-0.39, 0.29) is 13.1 Å². The van der Waals surface area contributed by atoms with Gasteiger partial charge in [0.1, 0.15) is 5.88 Å². The molecule has 0 amide bonds. The number of aliphatic hydroxyl groups excluding tert-OH is 2. The first-order valence-corrected chi connectivity index (χ1v) is 5.85. The first-order chi connectivity index (χ1) is 6.20. The van der Waals surface area contributed by atoms with E-state index in [1.54, 1.807) is 0 Å². The zero-order valence-corrected chi connectivity index (χ0v) is 9.11. The summed E-state index contributed by atoms with van der Waals surface area (Å²) in [6.45, 7) is 3.17. The smallest absolute Gasteiger partial charge is 0.278 e. The molecule has 0 rings (SSSR count). The molecule has 0 aliphatic heterocycles. The van der Waals surface area contributed by atoms with Crippen LogP contribution in [0.4, 0.5) is 0 Å². The molecule has 14 heavy (non-hydrogen) atoms. The quantitative estimate of drug-likeness (QED) is 0.498. The molecular formula is C7H17NO5S. The fourth-order valence-corrected chi connectivity index (χ4v) is 1.83. The molecular weight excluding hydrogens is 210 g/mol. The summed E-state index contributed by atoms with van der Waals surface area (Å²) < 4.78 is 29.7. The van der Waals surface area contributed by atoms with Gasteiger partial charge in [-0.1, -0.05) is 0 Å². The van der Waals surface area contributed by atoms with E-state index >= 15 is 0 Å². The van der Waals surface area contributed by atoms with Gasteiger partial charge in [0.05, 0.1) is 12.2 Å². The van der Waals surface area contributed by atoms with Crippen molar-refractivity contribution in [2.45, 2.75) is 26.1 Å². The van der Waals surface area contributed by atoms with Gasteiger partial charge < -0.3 is 10.2 Å². The lowest BCUT2D eigenvalue weighted by atomic mass is 10.3. The van der Waals surface area contributed by atoms with E-state index in [1.807, 2.05) is 0 Å². The molecule has 0 aromatic carbocycles. The maximum absolute atomic E-state index is 10.6. The summed E-state index contributed by atoms with van der Waals surface area (Å²) in [4.78, 5) is 1.27.